The molecule has 1 aliphatic rings. The summed E-state index contributed by atoms with van der Waals surface area (Å²) in [4.78, 5) is 26.4. The maximum absolute atomic E-state index is 12.6. The van der Waals surface area contributed by atoms with Crippen LogP contribution in [-0.4, -0.2) is 42.1 Å². The number of carbonyl (C=O) groups is 2. The fourth-order valence-corrected chi connectivity index (χ4v) is 2.70. The van der Waals surface area contributed by atoms with Crippen LogP contribution in [0.1, 0.15) is 33.6 Å². The zero-order valence-electron chi connectivity index (χ0n) is 14.0. The number of carbonyl (C=O) groups excluding carboxylic acids is 2. The number of nitrogens with one attached hydrogen (secondary N) is 2. The Morgan fingerprint density at radius 1 is 1.35 bits per heavy atom. The van der Waals surface area contributed by atoms with Crippen LogP contribution in [0.4, 0.5) is 10.5 Å². The van der Waals surface area contributed by atoms with E-state index >= 15 is 0 Å². The monoisotopic (exact) mass is 319 g/mol. The number of para-hydroxylation sites is 2. The lowest BCUT2D eigenvalue weighted by molar-refractivity contribution is -0.125. The van der Waals surface area contributed by atoms with Gasteiger partial charge in [0.1, 0.15) is 11.8 Å². The second-order valence-electron chi connectivity index (χ2n) is 5.87. The number of nitrogens with zero attached hydrogens (tertiary/aromatic N) is 1. The molecule has 2 rings (SSSR count). The van der Waals surface area contributed by atoms with Crippen molar-refractivity contribution in [2.75, 3.05) is 18.5 Å². The van der Waals surface area contributed by atoms with Gasteiger partial charge < -0.3 is 20.3 Å². The van der Waals surface area contributed by atoms with Crippen molar-refractivity contribution in [3.63, 3.8) is 0 Å². The lowest BCUT2D eigenvalue weighted by Gasteiger charge is -2.25. The molecule has 0 spiro atoms. The van der Waals surface area contributed by atoms with Crippen LogP contribution >= 0.6 is 0 Å². The Morgan fingerprint density at radius 2 is 2.09 bits per heavy atom. The summed E-state index contributed by atoms with van der Waals surface area (Å²) in [5.41, 5.74) is 0.620. The Hall–Kier alpha value is -2.24. The van der Waals surface area contributed by atoms with Crippen LogP contribution in [0.5, 0.6) is 5.75 Å². The number of hydrogen-bond acceptors (Lipinski definition) is 3. The number of likely N-dealkylation sites (tertiary alicyclic amines) is 1. The van der Waals surface area contributed by atoms with Crippen LogP contribution in [0.3, 0.4) is 0 Å². The Labute approximate surface area is 137 Å². The molecule has 1 aliphatic heterocycles. The van der Waals surface area contributed by atoms with E-state index in [2.05, 4.69) is 10.6 Å². The van der Waals surface area contributed by atoms with Gasteiger partial charge in [0.05, 0.1) is 12.3 Å². The Kier molecular flexibility index (Phi) is 5.84. The molecule has 0 aromatic heterocycles. The van der Waals surface area contributed by atoms with E-state index in [1.165, 1.54) is 0 Å². The highest BCUT2D eigenvalue weighted by Crippen LogP contribution is 2.25. The van der Waals surface area contributed by atoms with Crippen molar-refractivity contribution in [2.45, 2.75) is 45.7 Å². The molecule has 1 aromatic carbocycles. The second-order valence-corrected chi connectivity index (χ2v) is 5.87. The SMILES string of the molecule is CCOc1ccccc1NC(=O)N1CCC[C@H]1C(=O)NC(C)C. The summed E-state index contributed by atoms with van der Waals surface area (Å²) in [6.45, 7) is 6.82. The number of urea groups is 1. The fourth-order valence-electron chi connectivity index (χ4n) is 2.70. The first kappa shape index (κ1) is 17.1. The van der Waals surface area contributed by atoms with Crippen LogP contribution in [0.15, 0.2) is 24.3 Å². The first-order valence-electron chi connectivity index (χ1n) is 8.12. The van der Waals surface area contributed by atoms with E-state index in [-0.39, 0.29) is 18.0 Å². The summed E-state index contributed by atoms with van der Waals surface area (Å²) in [7, 11) is 0. The van der Waals surface area contributed by atoms with Gasteiger partial charge in [0.15, 0.2) is 0 Å². The van der Waals surface area contributed by atoms with Crippen LogP contribution in [0.25, 0.3) is 0 Å². The third-order valence-electron chi connectivity index (χ3n) is 3.68. The normalized spacial score (nSPS) is 17.2. The van der Waals surface area contributed by atoms with E-state index in [1.807, 2.05) is 39.0 Å². The van der Waals surface area contributed by atoms with Crippen molar-refractivity contribution in [1.82, 2.24) is 10.2 Å². The number of amides is 3. The summed E-state index contributed by atoms with van der Waals surface area (Å²) in [6, 6.07) is 6.69. The van der Waals surface area contributed by atoms with Crippen molar-refractivity contribution in [3.05, 3.63) is 24.3 Å². The van der Waals surface area contributed by atoms with Crippen molar-refractivity contribution in [2.24, 2.45) is 0 Å². The van der Waals surface area contributed by atoms with E-state index in [1.54, 1.807) is 11.0 Å². The molecule has 1 heterocycles. The molecule has 3 amide bonds. The first-order valence-corrected chi connectivity index (χ1v) is 8.12. The van der Waals surface area contributed by atoms with Gasteiger partial charge in [-0.3, -0.25) is 4.79 Å². The van der Waals surface area contributed by atoms with E-state index in [0.29, 0.717) is 31.0 Å². The zero-order chi connectivity index (χ0) is 16.8. The lowest BCUT2D eigenvalue weighted by atomic mass is 10.2. The van der Waals surface area contributed by atoms with Crippen LogP contribution in [0.2, 0.25) is 0 Å². The highest BCUT2D eigenvalue weighted by atomic mass is 16.5. The minimum Gasteiger partial charge on any atom is -0.492 e. The number of rotatable bonds is 5. The van der Waals surface area contributed by atoms with Gasteiger partial charge in [0.25, 0.3) is 0 Å². The summed E-state index contributed by atoms with van der Waals surface area (Å²) in [5.74, 6) is 0.538. The van der Waals surface area contributed by atoms with Crippen molar-refractivity contribution >= 4 is 17.6 Å². The van der Waals surface area contributed by atoms with Gasteiger partial charge in [0, 0.05) is 12.6 Å². The number of anilines is 1. The van der Waals surface area contributed by atoms with Gasteiger partial charge in [-0.2, -0.15) is 0 Å². The fraction of sp³-hybridized carbons (Fsp3) is 0.529. The average molecular weight is 319 g/mol. The Balaban J connectivity index is 2.06. The van der Waals surface area contributed by atoms with Crippen LogP contribution in [-0.2, 0) is 4.79 Å². The van der Waals surface area contributed by atoms with Gasteiger partial charge in [-0.25, -0.2) is 4.79 Å². The first-order chi connectivity index (χ1) is 11.0. The van der Waals surface area contributed by atoms with Crippen molar-refractivity contribution in [3.8, 4) is 5.75 Å². The predicted molar refractivity (Wildman–Crippen MR) is 89.6 cm³/mol. The maximum Gasteiger partial charge on any atom is 0.322 e. The van der Waals surface area contributed by atoms with Crippen LogP contribution in [0, 0.1) is 0 Å². The van der Waals surface area contributed by atoms with E-state index in [0.717, 1.165) is 6.42 Å². The maximum atomic E-state index is 12.6. The second kappa shape index (κ2) is 7.85. The minimum atomic E-state index is -0.406. The van der Waals surface area contributed by atoms with Gasteiger partial charge in [0.2, 0.25) is 5.91 Å². The third-order valence-corrected chi connectivity index (χ3v) is 3.68. The van der Waals surface area contributed by atoms with Gasteiger partial charge >= 0.3 is 6.03 Å². The molecule has 1 saturated heterocycles. The van der Waals surface area contributed by atoms with Crippen molar-refractivity contribution in [1.29, 1.82) is 0 Å². The third kappa shape index (κ3) is 4.37. The minimum absolute atomic E-state index is 0.0618. The molecule has 2 N–H and O–H groups in total. The zero-order valence-corrected chi connectivity index (χ0v) is 14.0. The van der Waals surface area contributed by atoms with Gasteiger partial charge in [-0.1, -0.05) is 12.1 Å². The highest BCUT2D eigenvalue weighted by molar-refractivity contribution is 5.95. The van der Waals surface area contributed by atoms with Crippen LogP contribution < -0.4 is 15.4 Å². The number of benzene rings is 1. The number of ether oxygens (including phenoxy) is 1. The molecule has 0 bridgehead atoms. The predicted octanol–water partition coefficient (Wildman–Crippen LogP) is 2.61. The Morgan fingerprint density at radius 3 is 2.78 bits per heavy atom. The molecular formula is C17H25N3O3. The van der Waals surface area contributed by atoms with Crippen molar-refractivity contribution < 1.29 is 14.3 Å². The molecular weight excluding hydrogens is 294 g/mol. The lowest BCUT2D eigenvalue weighted by Crippen LogP contribution is -2.48. The highest BCUT2D eigenvalue weighted by Gasteiger charge is 2.34. The molecule has 0 saturated carbocycles. The molecule has 1 aromatic rings. The summed E-state index contributed by atoms with van der Waals surface area (Å²) in [6.07, 6.45) is 1.52. The van der Waals surface area contributed by atoms with E-state index in [9.17, 15) is 9.59 Å². The summed E-state index contributed by atoms with van der Waals surface area (Å²) >= 11 is 0. The smallest absolute Gasteiger partial charge is 0.322 e. The quantitative estimate of drug-likeness (QED) is 0.876. The van der Waals surface area contributed by atoms with Gasteiger partial charge in [-0.05, 0) is 45.7 Å². The summed E-state index contributed by atoms with van der Waals surface area (Å²) in [5, 5.41) is 5.74. The standard InChI is InChI=1S/C17H25N3O3/c1-4-23-15-10-6-5-8-13(15)19-17(22)20-11-7-9-14(20)16(21)18-12(2)3/h5-6,8,10,12,14H,4,7,9,11H2,1-3H3,(H,18,21)(H,19,22)/t14-/m0/s1. The Bertz CT molecular complexity index is 560. The molecule has 1 atom stereocenters. The molecule has 0 aliphatic carbocycles. The largest absolute Gasteiger partial charge is 0.492 e. The van der Waals surface area contributed by atoms with Gasteiger partial charge in [-0.15, -0.1) is 0 Å². The molecule has 0 radical (unpaired) electrons. The molecule has 0 unspecified atom stereocenters. The van der Waals surface area contributed by atoms with E-state index < -0.39 is 6.04 Å². The topological polar surface area (TPSA) is 70.7 Å². The number of hydrogen-bond donors (Lipinski definition) is 2. The average Bonchev–Trinajstić information content (AvgIpc) is 2.98. The molecule has 23 heavy (non-hydrogen) atoms. The molecule has 1 fully saturated rings. The molecule has 6 heteroatoms. The van der Waals surface area contributed by atoms with E-state index in [4.69, 9.17) is 4.74 Å². The summed E-state index contributed by atoms with van der Waals surface area (Å²) < 4.78 is 5.51. The molecule has 6 nitrogen and oxygen atoms in total. The molecule has 126 valence electrons.